The van der Waals surface area contributed by atoms with Crippen molar-refractivity contribution in [3.05, 3.63) is 36.4 Å². The van der Waals surface area contributed by atoms with Crippen LogP contribution < -0.4 is 0 Å². The highest BCUT2D eigenvalue weighted by Gasteiger charge is 2.24. The van der Waals surface area contributed by atoms with Crippen LogP contribution in [0.2, 0.25) is 0 Å². The molecule has 0 radical (unpaired) electrons. The topological polar surface area (TPSA) is 34.0 Å². The predicted molar refractivity (Wildman–Crippen MR) is 106 cm³/mol. The highest BCUT2D eigenvalue weighted by molar-refractivity contribution is 5.55. The number of hydrogen-bond donors (Lipinski definition) is 0. The second-order valence-electron chi connectivity index (χ2n) is 8.34. The lowest BCUT2D eigenvalue weighted by Gasteiger charge is -2.36. The molecular weight excluding hydrogens is 320 g/mol. The highest BCUT2D eigenvalue weighted by Crippen LogP contribution is 2.28. The normalized spacial score (nSPS) is 22.6. The summed E-state index contributed by atoms with van der Waals surface area (Å²) in [7, 11) is 0. The largest absolute Gasteiger partial charge is 0.328 e. The highest BCUT2D eigenvalue weighted by atomic mass is 15.1. The van der Waals surface area contributed by atoms with E-state index in [-0.39, 0.29) is 0 Å². The van der Waals surface area contributed by atoms with E-state index in [0.717, 1.165) is 24.2 Å². The molecule has 0 amide bonds. The number of likely N-dealkylation sites (tertiary alicyclic amines) is 1. The molecule has 1 aliphatic carbocycles. The Kier molecular flexibility index (Phi) is 5.68. The first kappa shape index (κ1) is 17.7. The van der Waals surface area contributed by atoms with Crippen LogP contribution in [0.1, 0.15) is 50.6 Å². The SMILES string of the molecule is Cc1cnc(-c2ccncc2)n1CC1CCCN(CC2CCCCC2)C1. The number of aryl methyl sites for hydroxylation is 1. The first-order valence-corrected chi connectivity index (χ1v) is 10.4. The van der Waals surface area contributed by atoms with E-state index in [4.69, 9.17) is 0 Å². The quantitative estimate of drug-likeness (QED) is 0.792. The molecule has 4 rings (SSSR count). The molecule has 4 heteroatoms. The number of piperidine rings is 1. The standard InChI is InChI=1S/C22H32N4/c1-18-14-24-22(21-9-11-23-12-10-21)26(18)17-20-8-5-13-25(16-20)15-19-6-3-2-4-7-19/h9-12,14,19-20H,2-8,13,15-17H2,1H3. The van der Waals surface area contributed by atoms with Crippen molar-refractivity contribution in [2.24, 2.45) is 11.8 Å². The summed E-state index contributed by atoms with van der Waals surface area (Å²) in [6.07, 6.45) is 15.7. The molecule has 0 spiro atoms. The van der Waals surface area contributed by atoms with Crippen LogP contribution in [0.4, 0.5) is 0 Å². The molecule has 3 heterocycles. The Morgan fingerprint density at radius 1 is 0.962 bits per heavy atom. The van der Waals surface area contributed by atoms with Crippen LogP contribution in [-0.2, 0) is 6.54 Å². The van der Waals surface area contributed by atoms with Gasteiger partial charge in [-0.25, -0.2) is 4.98 Å². The zero-order chi connectivity index (χ0) is 17.8. The summed E-state index contributed by atoms with van der Waals surface area (Å²) >= 11 is 0. The van der Waals surface area contributed by atoms with Crippen molar-refractivity contribution in [1.29, 1.82) is 0 Å². The summed E-state index contributed by atoms with van der Waals surface area (Å²) in [6.45, 7) is 7.15. The van der Waals surface area contributed by atoms with Gasteiger partial charge in [0.25, 0.3) is 0 Å². The van der Waals surface area contributed by atoms with E-state index in [9.17, 15) is 0 Å². The maximum Gasteiger partial charge on any atom is 0.140 e. The summed E-state index contributed by atoms with van der Waals surface area (Å²) < 4.78 is 2.42. The molecule has 2 fully saturated rings. The van der Waals surface area contributed by atoms with Gasteiger partial charge >= 0.3 is 0 Å². The van der Waals surface area contributed by atoms with E-state index in [2.05, 4.69) is 38.5 Å². The van der Waals surface area contributed by atoms with Crippen molar-refractivity contribution < 1.29 is 0 Å². The van der Waals surface area contributed by atoms with Gasteiger partial charge in [0.15, 0.2) is 0 Å². The van der Waals surface area contributed by atoms with Gasteiger partial charge in [0.1, 0.15) is 5.82 Å². The van der Waals surface area contributed by atoms with Crippen LogP contribution in [0.3, 0.4) is 0 Å². The minimum Gasteiger partial charge on any atom is -0.328 e. The molecule has 1 unspecified atom stereocenters. The van der Waals surface area contributed by atoms with Gasteiger partial charge in [-0.15, -0.1) is 0 Å². The second kappa shape index (κ2) is 8.34. The van der Waals surface area contributed by atoms with Crippen molar-refractivity contribution in [3.8, 4) is 11.4 Å². The Morgan fingerprint density at radius 3 is 2.54 bits per heavy atom. The monoisotopic (exact) mass is 352 g/mol. The van der Waals surface area contributed by atoms with Crippen LogP contribution >= 0.6 is 0 Å². The fourth-order valence-corrected chi connectivity index (χ4v) is 4.88. The molecule has 0 aromatic carbocycles. The minimum absolute atomic E-state index is 0.737. The molecule has 0 bridgehead atoms. The number of aromatic nitrogens is 3. The lowest BCUT2D eigenvalue weighted by atomic mass is 9.88. The van der Waals surface area contributed by atoms with Gasteiger partial charge in [-0.05, 0) is 63.1 Å². The summed E-state index contributed by atoms with van der Waals surface area (Å²) in [5, 5.41) is 0. The molecule has 2 aromatic heterocycles. The average Bonchev–Trinajstić information content (AvgIpc) is 3.04. The predicted octanol–water partition coefficient (Wildman–Crippen LogP) is 4.55. The van der Waals surface area contributed by atoms with E-state index in [1.807, 2.05) is 18.6 Å². The van der Waals surface area contributed by atoms with Crippen molar-refractivity contribution in [1.82, 2.24) is 19.4 Å². The first-order valence-electron chi connectivity index (χ1n) is 10.4. The number of imidazole rings is 1. The molecular formula is C22H32N4. The number of pyridine rings is 1. The maximum absolute atomic E-state index is 4.69. The van der Waals surface area contributed by atoms with Crippen LogP contribution in [0.15, 0.2) is 30.7 Å². The molecule has 1 aliphatic heterocycles. The third-order valence-corrected chi connectivity index (χ3v) is 6.28. The van der Waals surface area contributed by atoms with E-state index in [1.165, 1.54) is 75.8 Å². The Morgan fingerprint density at radius 2 is 1.73 bits per heavy atom. The van der Waals surface area contributed by atoms with E-state index in [1.54, 1.807) is 0 Å². The molecule has 4 nitrogen and oxygen atoms in total. The fourth-order valence-electron chi connectivity index (χ4n) is 4.88. The zero-order valence-electron chi connectivity index (χ0n) is 16.1. The Balaban J connectivity index is 1.41. The van der Waals surface area contributed by atoms with Gasteiger partial charge in [0.05, 0.1) is 0 Å². The zero-order valence-corrected chi connectivity index (χ0v) is 16.1. The number of hydrogen-bond acceptors (Lipinski definition) is 3. The van der Waals surface area contributed by atoms with Crippen molar-refractivity contribution in [2.45, 2.75) is 58.4 Å². The smallest absolute Gasteiger partial charge is 0.140 e. The molecule has 26 heavy (non-hydrogen) atoms. The Hall–Kier alpha value is -1.68. The van der Waals surface area contributed by atoms with Crippen LogP contribution in [0.25, 0.3) is 11.4 Å². The Labute approximate surface area is 157 Å². The average molecular weight is 353 g/mol. The van der Waals surface area contributed by atoms with Crippen LogP contribution in [-0.4, -0.2) is 39.1 Å². The molecule has 140 valence electrons. The minimum atomic E-state index is 0.737. The van der Waals surface area contributed by atoms with E-state index < -0.39 is 0 Å². The molecule has 1 saturated carbocycles. The molecule has 0 N–H and O–H groups in total. The van der Waals surface area contributed by atoms with Gasteiger partial charge < -0.3 is 9.47 Å². The van der Waals surface area contributed by atoms with Gasteiger partial charge in [-0.1, -0.05) is 19.3 Å². The number of nitrogens with zero attached hydrogens (tertiary/aromatic N) is 4. The Bertz CT molecular complexity index is 687. The third-order valence-electron chi connectivity index (χ3n) is 6.28. The summed E-state index contributed by atoms with van der Waals surface area (Å²) in [5.74, 6) is 2.78. The molecule has 1 saturated heterocycles. The van der Waals surface area contributed by atoms with Gasteiger partial charge in [-0.2, -0.15) is 0 Å². The first-order chi connectivity index (χ1) is 12.8. The van der Waals surface area contributed by atoms with Gasteiger partial charge in [0, 0.05) is 49.5 Å². The lowest BCUT2D eigenvalue weighted by Crippen LogP contribution is -2.40. The van der Waals surface area contributed by atoms with E-state index >= 15 is 0 Å². The van der Waals surface area contributed by atoms with Crippen molar-refractivity contribution in [2.75, 3.05) is 19.6 Å². The second-order valence-corrected chi connectivity index (χ2v) is 8.34. The summed E-state index contributed by atoms with van der Waals surface area (Å²) in [4.78, 5) is 11.6. The third kappa shape index (κ3) is 4.17. The fraction of sp³-hybridized carbons (Fsp3) is 0.636. The van der Waals surface area contributed by atoms with Crippen LogP contribution in [0.5, 0.6) is 0 Å². The van der Waals surface area contributed by atoms with E-state index in [0.29, 0.717) is 0 Å². The van der Waals surface area contributed by atoms with Gasteiger partial charge in [-0.3, -0.25) is 4.98 Å². The summed E-state index contributed by atoms with van der Waals surface area (Å²) in [5.41, 5.74) is 2.43. The van der Waals surface area contributed by atoms with Crippen molar-refractivity contribution >= 4 is 0 Å². The van der Waals surface area contributed by atoms with Gasteiger partial charge in [0.2, 0.25) is 0 Å². The van der Waals surface area contributed by atoms with Crippen LogP contribution in [0, 0.1) is 18.8 Å². The maximum atomic E-state index is 4.69. The summed E-state index contributed by atoms with van der Waals surface area (Å²) in [6, 6.07) is 4.13. The molecule has 2 aliphatic rings. The lowest BCUT2D eigenvalue weighted by molar-refractivity contribution is 0.129. The van der Waals surface area contributed by atoms with Crippen molar-refractivity contribution in [3.63, 3.8) is 0 Å². The molecule has 1 atom stereocenters. The molecule has 2 aromatic rings. The number of rotatable bonds is 5.